The van der Waals surface area contributed by atoms with E-state index >= 15 is 0 Å². The van der Waals surface area contributed by atoms with Crippen molar-refractivity contribution in [1.29, 1.82) is 0 Å². The van der Waals surface area contributed by atoms with Crippen LogP contribution in [0.4, 0.5) is 0 Å². The molecule has 1 aliphatic heterocycles. The zero-order chi connectivity index (χ0) is 12.4. The Labute approximate surface area is 106 Å². The maximum atomic E-state index is 9.71. The molecule has 0 amide bonds. The summed E-state index contributed by atoms with van der Waals surface area (Å²) in [5.74, 6) is 1.27. The van der Waals surface area contributed by atoms with Gasteiger partial charge in [0.2, 0.25) is 0 Å². The minimum absolute atomic E-state index is 0.280. The average Bonchev–Trinajstić information content (AvgIpc) is 2.82. The predicted octanol–water partition coefficient (Wildman–Crippen LogP) is 0.915. The minimum atomic E-state index is 0.280. The molecule has 0 radical (unpaired) electrons. The topological polar surface area (TPSA) is 50.0 Å². The second kappa shape index (κ2) is 4.96. The van der Waals surface area contributed by atoms with Gasteiger partial charge < -0.3 is 14.2 Å². The summed E-state index contributed by atoms with van der Waals surface area (Å²) < 4.78 is 7.28. The van der Waals surface area contributed by atoms with E-state index in [1.807, 2.05) is 16.7 Å². The summed E-state index contributed by atoms with van der Waals surface area (Å²) in [5.41, 5.74) is 0.773. The van der Waals surface area contributed by atoms with Gasteiger partial charge in [-0.15, -0.1) is 0 Å². The number of hydrogen-bond acceptors (Lipinski definition) is 4. The second-order valence-corrected chi connectivity index (χ2v) is 4.53. The first-order chi connectivity index (χ1) is 8.84. The van der Waals surface area contributed by atoms with Crippen LogP contribution in [0.1, 0.15) is 5.82 Å². The van der Waals surface area contributed by atoms with Crippen molar-refractivity contribution in [3.05, 3.63) is 30.4 Å². The van der Waals surface area contributed by atoms with E-state index < -0.39 is 0 Å². The number of nitrogens with zero attached hydrogens (tertiary/aromatic N) is 3. The van der Waals surface area contributed by atoms with Crippen molar-refractivity contribution in [2.45, 2.75) is 6.42 Å². The van der Waals surface area contributed by atoms with Gasteiger partial charge in [-0.05, 0) is 12.1 Å². The van der Waals surface area contributed by atoms with Crippen molar-refractivity contribution in [3.8, 4) is 5.75 Å². The lowest BCUT2D eigenvalue weighted by Crippen LogP contribution is -2.37. The van der Waals surface area contributed by atoms with Crippen molar-refractivity contribution in [1.82, 2.24) is 14.3 Å². The molecule has 2 aromatic heterocycles. The third kappa shape index (κ3) is 2.19. The molecule has 0 spiro atoms. The van der Waals surface area contributed by atoms with E-state index in [-0.39, 0.29) is 5.75 Å². The Morgan fingerprint density at radius 3 is 3.00 bits per heavy atom. The number of ether oxygens (including phenoxy) is 1. The molecular formula is C13H17N3O2. The van der Waals surface area contributed by atoms with E-state index in [9.17, 15) is 5.11 Å². The monoisotopic (exact) mass is 247 g/mol. The van der Waals surface area contributed by atoms with Crippen LogP contribution < -0.4 is 0 Å². The summed E-state index contributed by atoms with van der Waals surface area (Å²) in [6.07, 6.45) is 4.55. The van der Waals surface area contributed by atoms with Gasteiger partial charge in [-0.3, -0.25) is 4.90 Å². The Balaban J connectivity index is 1.72. The summed E-state index contributed by atoms with van der Waals surface area (Å²) >= 11 is 0. The van der Waals surface area contributed by atoms with E-state index in [2.05, 4.69) is 9.88 Å². The van der Waals surface area contributed by atoms with Gasteiger partial charge in [-0.2, -0.15) is 0 Å². The Hall–Kier alpha value is -1.59. The highest BCUT2D eigenvalue weighted by Gasteiger charge is 2.12. The highest BCUT2D eigenvalue weighted by Crippen LogP contribution is 2.18. The molecule has 1 aliphatic rings. The number of aromatic hydroxyl groups is 1. The predicted molar refractivity (Wildman–Crippen MR) is 67.8 cm³/mol. The molecule has 0 unspecified atom stereocenters. The van der Waals surface area contributed by atoms with E-state index in [1.54, 1.807) is 12.3 Å². The fourth-order valence-electron chi connectivity index (χ4n) is 2.33. The van der Waals surface area contributed by atoms with E-state index in [0.29, 0.717) is 0 Å². The summed E-state index contributed by atoms with van der Waals surface area (Å²) in [6, 6.07) is 3.52. The number of fused-ring (bicyclic) bond motifs is 1. The number of pyridine rings is 1. The lowest BCUT2D eigenvalue weighted by molar-refractivity contribution is 0.0382. The van der Waals surface area contributed by atoms with Crippen molar-refractivity contribution >= 4 is 5.52 Å². The fraction of sp³-hybridized carbons (Fsp3) is 0.462. The largest absolute Gasteiger partial charge is 0.506 e. The van der Waals surface area contributed by atoms with Crippen LogP contribution in [0.25, 0.3) is 5.52 Å². The Morgan fingerprint density at radius 1 is 1.33 bits per heavy atom. The molecule has 0 aromatic carbocycles. The lowest BCUT2D eigenvalue weighted by atomic mass is 10.3. The number of aromatic nitrogens is 2. The van der Waals surface area contributed by atoms with Gasteiger partial charge in [0.25, 0.3) is 0 Å². The Morgan fingerprint density at radius 2 is 2.17 bits per heavy atom. The van der Waals surface area contributed by atoms with Crippen LogP contribution in [0.15, 0.2) is 24.5 Å². The van der Waals surface area contributed by atoms with Crippen molar-refractivity contribution in [2.24, 2.45) is 0 Å². The molecule has 96 valence electrons. The van der Waals surface area contributed by atoms with Gasteiger partial charge in [0.1, 0.15) is 17.1 Å². The first-order valence-corrected chi connectivity index (χ1v) is 6.28. The molecule has 1 N–H and O–H groups in total. The van der Waals surface area contributed by atoms with Crippen LogP contribution in [0, 0.1) is 0 Å². The zero-order valence-corrected chi connectivity index (χ0v) is 10.2. The average molecular weight is 247 g/mol. The molecule has 18 heavy (non-hydrogen) atoms. The van der Waals surface area contributed by atoms with Gasteiger partial charge in [0.05, 0.1) is 19.4 Å². The standard InChI is InChI=1S/C13H17N3O2/c17-12-2-1-4-16-11(12)10-14-13(16)3-5-15-6-8-18-9-7-15/h1-2,4,10,17H,3,5-9H2. The highest BCUT2D eigenvalue weighted by atomic mass is 16.5. The molecular weight excluding hydrogens is 230 g/mol. The van der Waals surface area contributed by atoms with Gasteiger partial charge in [-0.1, -0.05) is 0 Å². The first-order valence-electron chi connectivity index (χ1n) is 6.28. The van der Waals surface area contributed by atoms with Crippen molar-refractivity contribution in [3.63, 3.8) is 0 Å². The molecule has 0 bridgehead atoms. The number of rotatable bonds is 3. The minimum Gasteiger partial charge on any atom is -0.506 e. The number of morpholine rings is 1. The van der Waals surface area contributed by atoms with Crippen molar-refractivity contribution in [2.75, 3.05) is 32.8 Å². The van der Waals surface area contributed by atoms with Crippen LogP contribution >= 0.6 is 0 Å². The molecule has 3 rings (SSSR count). The molecule has 2 aromatic rings. The summed E-state index contributed by atoms with van der Waals surface area (Å²) in [4.78, 5) is 6.77. The van der Waals surface area contributed by atoms with Crippen molar-refractivity contribution < 1.29 is 9.84 Å². The molecule has 1 saturated heterocycles. The molecule has 0 saturated carbocycles. The van der Waals surface area contributed by atoms with E-state index in [4.69, 9.17) is 4.74 Å². The third-order valence-corrected chi connectivity index (χ3v) is 3.38. The Kier molecular flexibility index (Phi) is 3.17. The normalized spacial score (nSPS) is 17.3. The molecule has 0 aliphatic carbocycles. The van der Waals surface area contributed by atoms with Gasteiger partial charge >= 0.3 is 0 Å². The second-order valence-electron chi connectivity index (χ2n) is 4.53. The maximum absolute atomic E-state index is 9.71. The zero-order valence-electron chi connectivity index (χ0n) is 10.2. The summed E-state index contributed by atoms with van der Waals surface area (Å²) in [5, 5.41) is 9.71. The SMILES string of the molecule is Oc1cccn2c(CCN3CCOCC3)ncc12. The number of imidazole rings is 1. The molecule has 5 nitrogen and oxygen atoms in total. The van der Waals surface area contributed by atoms with Gasteiger partial charge in [0, 0.05) is 32.3 Å². The van der Waals surface area contributed by atoms with Gasteiger partial charge in [0.15, 0.2) is 0 Å². The summed E-state index contributed by atoms with van der Waals surface area (Å²) in [6.45, 7) is 4.62. The molecule has 1 fully saturated rings. The van der Waals surface area contributed by atoms with Crippen LogP contribution in [0.2, 0.25) is 0 Å². The highest BCUT2D eigenvalue weighted by molar-refractivity contribution is 5.58. The Bertz CT molecular complexity index is 532. The fourth-order valence-corrected chi connectivity index (χ4v) is 2.33. The van der Waals surface area contributed by atoms with Gasteiger partial charge in [-0.25, -0.2) is 4.98 Å². The first kappa shape index (κ1) is 11.5. The van der Waals surface area contributed by atoms with E-state index in [0.717, 1.165) is 50.6 Å². The molecule has 0 atom stereocenters. The van der Waals surface area contributed by atoms with E-state index in [1.165, 1.54) is 0 Å². The summed E-state index contributed by atoms with van der Waals surface area (Å²) in [7, 11) is 0. The lowest BCUT2D eigenvalue weighted by Gasteiger charge is -2.26. The third-order valence-electron chi connectivity index (χ3n) is 3.38. The number of hydrogen-bond donors (Lipinski definition) is 1. The van der Waals surface area contributed by atoms with Crippen LogP contribution in [0.3, 0.4) is 0 Å². The van der Waals surface area contributed by atoms with Crippen LogP contribution in [0.5, 0.6) is 5.75 Å². The quantitative estimate of drug-likeness (QED) is 0.876. The molecule has 5 heteroatoms. The van der Waals surface area contributed by atoms with Crippen LogP contribution in [-0.4, -0.2) is 52.2 Å². The molecule has 3 heterocycles. The smallest absolute Gasteiger partial charge is 0.141 e. The maximum Gasteiger partial charge on any atom is 0.141 e. The van der Waals surface area contributed by atoms with Crippen LogP contribution in [-0.2, 0) is 11.2 Å².